The minimum absolute atomic E-state index is 0.0314. The molecule has 0 radical (unpaired) electrons. The summed E-state index contributed by atoms with van der Waals surface area (Å²) in [6, 6.07) is 11.1. The summed E-state index contributed by atoms with van der Waals surface area (Å²) in [5, 5.41) is 23.3. The second-order valence-corrected chi connectivity index (χ2v) is 5.45. The van der Waals surface area contributed by atoms with Gasteiger partial charge in [-0.15, -0.1) is 0 Å². The monoisotopic (exact) mass is 314 g/mol. The highest BCUT2D eigenvalue weighted by Crippen LogP contribution is 2.17. The van der Waals surface area contributed by atoms with Gasteiger partial charge in [-0.25, -0.2) is 0 Å². The number of amides is 1. The summed E-state index contributed by atoms with van der Waals surface area (Å²) in [5.41, 5.74) is 2.99. The summed E-state index contributed by atoms with van der Waals surface area (Å²) in [7, 11) is 0. The number of aliphatic hydroxyl groups excluding tert-OH is 1. The van der Waals surface area contributed by atoms with Gasteiger partial charge < -0.3 is 10.4 Å². The lowest BCUT2D eigenvalue weighted by atomic mass is 10.1. The Morgan fingerprint density at radius 1 is 1.17 bits per heavy atom. The van der Waals surface area contributed by atoms with Crippen LogP contribution in [0.25, 0.3) is 0 Å². The Bertz CT molecular complexity index is 706. The lowest BCUT2D eigenvalue weighted by Crippen LogP contribution is -2.28. The van der Waals surface area contributed by atoms with Crippen molar-refractivity contribution in [2.24, 2.45) is 0 Å². The van der Waals surface area contributed by atoms with Crippen LogP contribution in [0.5, 0.6) is 0 Å². The molecule has 1 atom stereocenters. The first-order valence-corrected chi connectivity index (χ1v) is 7.15. The molecule has 1 unspecified atom stereocenters. The van der Waals surface area contributed by atoms with E-state index in [2.05, 4.69) is 5.32 Å². The van der Waals surface area contributed by atoms with Gasteiger partial charge in [0.05, 0.1) is 11.0 Å². The first kappa shape index (κ1) is 16.6. The van der Waals surface area contributed by atoms with E-state index < -0.39 is 11.0 Å². The Morgan fingerprint density at radius 2 is 1.74 bits per heavy atom. The second kappa shape index (κ2) is 7.02. The standard InChI is InChI=1S/C17H18N2O4/c1-11-7-12(2)9-14(8-11)17(21)18-10-16(20)13-3-5-15(6-4-13)19(22)23/h3-9,16,20H,10H2,1-2H3,(H,18,21). The fourth-order valence-corrected chi connectivity index (χ4v) is 2.33. The van der Waals surface area contributed by atoms with E-state index in [9.17, 15) is 20.0 Å². The zero-order valence-corrected chi connectivity index (χ0v) is 12.9. The minimum Gasteiger partial charge on any atom is -0.387 e. The summed E-state index contributed by atoms with van der Waals surface area (Å²) in [4.78, 5) is 22.2. The maximum absolute atomic E-state index is 12.1. The average Bonchev–Trinajstić information content (AvgIpc) is 2.51. The van der Waals surface area contributed by atoms with Crippen LogP contribution >= 0.6 is 0 Å². The summed E-state index contributed by atoms with van der Waals surface area (Å²) < 4.78 is 0. The van der Waals surface area contributed by atoms with E-state index in [-0.39, 0.29) is 18.1 Å². The van der Waals surface area contributed by atoms with Crippen molar-refractivity contribution < 1.29 is 14.8 Å². The van der Waals surface area contributed by atoms with E-state index >= 15 is 0 Å². The molecule has 0 heterocycles. The molecule has 2 rings (SSSR count). The molecule has 120 valence electrons. The Morgan fingerprint density at radius 3 is 2.26 bits per heavy atom. The summed E-state index contributed by atoms with van der Waals surface area (Å²) in [5.74, 6) is -0.266. The highest BCUT2D eigenvalue weighted by atomic mass is 16.6. The molecular weight excluding hydrogens is 296 g/mol. The number of nitrogens with one attached hydrogen (secondary N) is 1. The number of nitro groups is 1. The molecule has 0 saturated heterocycles. The van der Waals surface area contributed by atoms with Crippen LogP contribution < -0.4 is 5.32 Å². The molecule has 1 amide bonds. The number of rotatable bonds is 5. The maximum Gasteiger partial charge on any atom is 0.269 e. The smallest absolute Gasteiger partial charge is 0.269 e. The van der Waals surface area contributed by atoms with Gasteiger partial charge in [-0.2, -0.15) is 0 Å². The van der Waals surface area contributed by atoms with Crippen LogP contribution in [-0.4, -0.2) is 22.5 Å². The fraction of sp³-hybridized carbons (Fsp3) is 0.235. The zero-order valence-electron chi connectivity index (χ0n) is 12.9. The lowest BCUT2D eigenvalue weighted by Gasteiger charge is -2.12. The van der Waals surface area contributed by atoms with E-state index in [1.165, 1.54) is 24.3 Å². The summed E-state index contributed by atoms with van der Waals surface area (Å²) in [6.07, 6.45) is -0.925. The molecule has 0 aliphatic carbocycles. The van der Waals surface area contributed by atoms with Gasteiger partial charge in [-0.1, -0.05) is 17.2 Å². The van der Waals surface area contributed by atoms with E-state index in [1.807, 2.05) is 19.9 Å². The third-order valence-electron chi connectivity index (χ3n) is 3.43. The van der Waals surface area contributed by atoms with Crippen molar-refractivity contribution >= 4 is 11.6 Å². The number of nitrogens with zero attached hydrogens (tertiary/aromatic N) is 1. The second-order valence-electron chi connectivity index (χ2n) is 5.45. The highest BCUT2D eigenvalue weighted by molar-refractivity contribution is 5.94. The molecule has 0 spiro atoms. The topological polar surface area (TPSA) is 92.5 Å². The Balaban J connectivity index is 1.99. The maximum atomic E-state index is 12.1. The van der Waals surface area contributed by atoms with Gasteiger partial charge in [-0.3, -0.25) is 14.9 Å². The van der Waals surface area contributed by atoms with E-state index in [0.717, 1.165) is 11.1 Å². The van der Waals surface area contributed by atoms with Crippen molar-refractivity contribution in [2.75, 3.05) is 6.54 Å². The molecule has 2 aromatic rings. The van der Waals surface area contributed by atoms with Crippen LogP contribution in [0.15, 0.2) is 42.5 Å². The number of carbonyl (C=O) groups is 1. The highest BCUT2D eigenvalue weighted by Gasteiger charge is 2.13. The van der Waals surface area contributed by atoms with Crippen molar-refractivity contribution in [3.05, 3.63) is 74.8 Å². The number of benzene rings is 2. The number of aryl methyl sites for hydroxylation is 2. The Kier molecular flexibility index (Phi) is 5.08. The van der Waals surface area contributed by atoms with Gasteiger partial charge in [0.15, 0.2) is 0 Å². The van der Waals surface area contributed by atoms with Crippen LogP contribution in [0, 0.1) is 24.0 Å². The number of hydrogen-bond acceptors (Lipinski definition) is 4. The molecule has 23 heavy (non-hydrogen) atoms. The molecule has 2 aromatic carbocycles. The van der Waals surface area contributed by atoms with Crippen LogP contribution in [0.4, 0.5) is 5.69 Å². The molecule has 2 N–H and O–H groups in total. The van der Waals surface area contributed by atoms with Crippen molar-refractivity contribution in [1.29, 1.82) is 0 Å². The number of carbonyl (C=O) groups excluding carboxylic acids is 1. The van der Waals surface area contributed by atoms with Gasteiger partial charge in [0.1, 0.15) is 0 Å². The average molecular weight is 314 g/mol. The number of nitro benzene ring substituents is 1. The van der Waals surface area contributed by atoms with Gasteiger partial charge >= 0.3 is 0 Å². The third-order valence-corrected chi connectivity index (χ3v) is 3.43. The molecule has 6 heteroatoms. The fourth-order valence-electron chi connectivity index (χ4n) is 2.33. The predicted molar refractivity (Wildman–Crippen MR) is 86.3 cm³/mol. The first-order chi connectivity index (χ1) is 10.9. The van der Waals surface area contributed by atoms with E-state index in [4.69, 9.17) is 0 Å². The molecule has 0 saturated carbocycles. The molecule has 0 aliphatic rings. The van der Waals surface area contributed by atoms with Crippen LogP contribution in [0.3, 0.4) is 0 Å². The third kappa shape index (κ3) is 4.37. The van der Waals surface area contributed by atoms with Crippen molar-refractivity contribution in [2.45, 2.75) is 20.0 Å². The summed E-state index contributed by atoms with van der Waals surface area (Å²) in [6.45, 7) is 3.86. The van der Waals surface area contributed by atoms with Crippen LogP contribution in [-0.2, 0) is 0 Å². The first-order valence-electron chi connectivity index (χ1n) is 7.15. The molecule has 0 fully saturated rings. The van der Waals surface area contributed by atoms with Crippen LogP contribution in [0.2, 0.25) is 0 Å². The molecule has 0 bridgehead atoms. The molecular formula is C17H18N2O4. The molecule has 0 aliphatic heterocycles. The molecule has 6 nitrogen and oxygen atoms in total. The van der Waals surface area contributed by atoms with Gasteiger partial charge in [0.2, 0.25) is 0 Å². The van der Waals surface area contributed by atoms with E-state index in [0.29, 0.717) is 11.1 Å². The quantitative estimate of drug-likeness (QED) is 0.655. The van der Waals surface area contributed by atoms with Crippen molar-refractivity contribution in [3.63, 3.8) is 0 Å². The molecule has 0 aromatic heterocycles. The number of hydrogen-bond donors (Lipinski definition) is 2. The summed E-state index contributed by atoms with van der Waals surface area (Å²) >= 11 is 0. The number of aliphatic hydroxyl groups is 1. The SMILES string of the molecule is Cc1cc(C)cc(C(=O)NCC(O)c2ccc([N+](=O)[O-])cc2)c1. The lowest BCUT2D eigenvalue weighted by molar-refractivity contribution is -0.384. The van der Waals surface area contributed by atoms with E-state index in [1.54, 1.807) is 12.1 Å². The van der Waals surface area contributed by atoms with Crippen molar-refractivity contribution in [1.82, 2.24) is 5.32 Å². The van der Waals surface area contributed by atoms with Gasteiger partial charge in [0, 0.05) is 24.2 Å². The number of non-ortho nitro benzene ring substituents is 1. The Labute approximate surface area is 133 Å². The Hall–Kier alpha value is -2.73. The zero-order chi connectivity index (χ0) is 17.0. The minimum atomic E-state index is -0.925. The largest absolute Gasteiger partial charge is 0.387 e. The normalized spacial score (nSPS) is 11.8. The predicted octanol–water partition coefficient (Wildman–Crippen LogP) is 2.68. The van der Waals surface area contributed by atoms with Crippen LogP contribution in [0.1, 0.15) is 33.2 Å². The van der Waals surface area contributed by atoms with Crippen molar-refractivity contribution in [3.8, 4) is 0 Å². The van der Waals surface area contributed by atoms with Gasteiger partial charge in [0.25, 0.3) is 11.6 Å². The van der Waals surface area contributed by atoms with Gasteiger partial charge in [-0.05, 0) is 43.7 Å².